The molecule has 2 amide bonds. The van der Waals surface area contributed by atoms with Crippen LogP contribution in [0.25, 0.3) is 11.3 Å². The number of nitrogens with zero attached hydrogens (tertiary/aromatic N) is 2. The highest BCUT2D eigenvalue weighted by Crippen LogP contribution is 2.37. The van der Waals surface area contributed by atoms with Gasteiger partial charge in [-0.3, -0.25) is 9.59 Å². The highest BCUT2D eigenvalue weighted by molar-refractivity contribution is 7.14. The van der Waals surface area contributed by atoms with E-state index < -0.39 is 0 Å². The Balaban J connectivity index is 1.62. The molecule has 2 heterocycles. The Hall–Kier alpha value is -3.19. The van der Waals surface area contributed by atoms with Crippen LogP contribution in [0, 0.1) is 5.92 Å². The minimum Gasteiger partial charge on any atom is -0.482 e. The van der Waals surface area contributed by atoms with Crippen molar-refractivity contribution in [3.05, 3.63) is 59.5 Å². The molecule has 0 spiro atoms. The molecule has 148 valence electrons. The molecule has 1 aliphatic heterocycles. The highest BCUT2D eigenvalue weighted by Gasteiger charge is 2.26. The summed E-state index contributed by atoms with van der Waals surface area (Å²) in [4.78, 5) is 30.7. The van der Waals surface area contributed by atoms with E-state index in [1.54, 1.807) is 4.90 Å². The standard InChI is InChI=1S/C22H21N3O3S/c1-14(2)21(27)24-22-23-17(13-29-22)16-8-9-19-18(10-16)25(20(26)12-28-19)11-15-6-4-3-5-7-15/h3-10,13-14H,11-12H2,1-2H3,(H,23,24,27). The van der Waals surface area contributed by atoms with Crippen molar-refractivity contribution in [1.29, 1.82) is 0 Å². The number of ether oxygens (including phenoxy) is 1. The van der Waals surface area contributed by atoms with Gasteiger partial charge in [-0.2, -0.15) is 0 Å². The zero-order valence-corrected chi connectivity index (χ0v) is 17.0. The first-order valence-electron chi connectivity index (χ1n) is 9.39. The predicted octanol–water partition coefficient (Wildman–Crippen LogP) is 4.33. The first kappa shape index (κ1) is 19.1. The molecule has 0 unspecified atom stereocenters. The molecule has 3 aromatic rings. The molecule has 0 saturated carbocycles. The Kier molecular flexibility index (Phi) is 5.31. The Bertz CT molecular complexity index is 1050. The number of rotatable bonds is 5. The molecule has 0 aliphatic carbocycles. The van der Waals surface area contributed by atoms with Crippen molar-refractivity contribution in [2.45, 2.75) is 20.4 Å². The summed E-state index contributed by atoms with van der Waals surface area (Å²) in [6.45, 7) is 4.19. The average Bonchev–Trinajstić information content (AvgIpc) is 3.19. The van der Waals surface area contributed by atoms with Crippen molar-refractivity contribution in [2.24, 2.45) is 5.92 Å². The molecular formula is C22H21N3O3S. The molecule has 0 fully saturated rings. The van der Waals surface area contributed by atoms with Crippen molar-refractivity contribution < 1.29 is 14.3 Å². The van der Waals surface area contributed by atoms with Crippen LogP contribution in [0.5, 0.6) is 5.75 Å². The normalized spacial score (nSPS) is 13.2. The monoisotopic (exact) mass is 407 g/mol. The molecule has 4 rings (SSSR count). The first-order chi connectivity index (χ1) is 14.0. The van der Waals surface area contributed by atoms with Gasteiger partial charge in [-0.25, -0.2) is 4.98 Å². The van der Waals surface area contributed by atoms with Crippen LogP contribution >= 0.6 is 11.3 Å². The summed E-state index contributed by atoms with van der Waals surface area (Å²) in [5, 5.41) is 5.28. The molecule has 29 heavy (non-hydrogen) atoms. The number of hydrogen-bond donors (Lipinski definition) is 1. The summed E-state index contributed by atoms with van der Waals surface area (Å²) in [6, 6.07) is 15.6. The van der Waals surface area contributed by atoms with E-state index in [2.05, 4.69) is 10.3 Å². The van der Waals surface area contributed by atoms with Gasteiger partial charge in [0.15, 0.2) is 11.7 Å². The van der Waals surface area contributed by atoms with Crippen LogP contribution in [0.3, 0.4) is 0 Å². The van der Waals surface area contributed by atoms with Gasteiger partial charge in [-0.05, 0) is 23.8 Å². The van der Waals surface area contributed by atoms with E-state index in [1.165, 1.54) is 11.3 Å². The number of carbonyl (C=O) groups excluding carboxylic acids is 2. The molecule has 1 aromatic heterocycles. The second-order valence-electron chi connectivity index (χ2n) is 7.12. The molecular weight excluding hydrogens is 386 g/mol. The van der Waals surface area contributed by atoms with E-state index in [1.807, 2.05) is 67.8 Å². The SMILES string of the molecule is CC(C)C(=O)Nc1nc(-c2ccc3c(c2)N(Cc2ccccc2)C(=O)CO3)cs1. The maximum absolute atomic E-state index is 12.5. The number of fused-ring (bicyclic) bond motifs is 1. The van der Waals surface area contributed by atoms with Crippen molar-refractivity contribution >= 4 is 34.0 Å². The molecule has 0 bridgehead atoms. The second kappa shape index (κ2) is 8.05. The van der Waals surface area contributed by atoms with Crippen LogP contribution in [-0.4, -0.2) is 23.4 Å². The fourth-order valence-electron chi connectivity index (χ4n) is 3.01. The van der Waals surface area contributed by atoms with E-state index in [9.17, 15) is 9.59 Å². The number of amides is 2. The Morgan fingerprint density at radius 1 is 1.24 bits per heavy atom. The van der Waals surface area contributed by atoms with E-state index >= 15 is 0 Å². The van der Waals surface area contributed by atoms with Crippen molar-refractivity contribution in [3.63, 3.8) is 0 Å². The number of thiazole rings is 1. The number of aromatic nitrogens is 1. The maximum Gasteiger partial charge on any atom is 0.265 e. The van der Waals surface area contributed by atoms with Gasteiger partial charge < -0.3 is 15.0 Å². The summed E-state index contributed by atoms with van der Waals surface area (Å²) in [7, 11) is 0. The lowest BCUT2D eigenvalue weighted by atomic mass is 10.1. The summed E-state index contributed by atoms with van der Waals surface area (Å²) in [6.07, 6.45) is 0. The van der Waals surface area contributed by atoms with Gasteiger partial charge in [-0.15, -0.1) is 11.3 Å². The third-order valence-electron chi connectivity index (χ3n) is 4.64. The van der Waals surface area contributed by atoms with Crippen molar-refractivity contribution in [2.75, 3.05) is 16.8 Å². The molecule has 7 heteroatoms. The zero-order valence-electron chi connectivity index (χ0n) is 16.2. The van der Waals surface area contributed by atoms with Crippen LogP contribution in [0.2, 0.25) is 0 Å². The molecule has 0 atom stereocenters. The number of anilines is 2. The fraction of sp³-hybridized carbons (Fsp3) is 0.227. The van der Waals surface area contributed by atoms with Gasteiger partial charge in [0.2, 0.25) is 5.91 Å². The number of nitrogens with one attached hydrogen (secondary N) is 1. The minimum absolute atomic E-state index is 0.0290. The van der Waals surface area contributed by atoms with E-state index in [0.29, 0.717) is 17.4 Å². The Morgan fingerprint density at radius 3 is 2.79 bits per heavy atom. The highest BCUT2D eigenvalue weighted by atomic mass is 32.1. The Morgan fingerprint density at radius 2 is 2.03 bits per heavy atom. The summed E-state index contributed by atoms with van der Waals surface area (Å²) >= 11 is 1.38. The average molecular weight is 407 g/mol. The van der Waals surface area contributed by atoms with Gasteiger partial charge in [0, 0.05) is 16.9 Å². The molecule has 2 aromatic carbocycles. The van der Waals surface area contributed by atoms with Gasteiger partial charge in [0.1, 0.15) is 5.75 Å². The maximum atomic E-state index is 12.5. The third kappa shape index (κ3) is 4.14. The smallest absolute Gasteiger partial charge is 0.265 e. The molecule has 1 N–H and O–H groups in total. The van der Waals surface area contributed by atoms with E-state index in [4.69, 9.17) is 4.74 Å². The molecule has 6 nitrogen and oxygen atoms in total. The number of benzene rings is 2. The lowest BCUT2D eigenvalue weighted by Gasteiger charge is -2.29. The lowest BCUT2D eigenvalue weighted by molar-refractivity contribution is -0.121. The quantitative estimate of drug-likeness (QED) is 0.683. The van der Waals surface area contributed by atoms with Crippen molar-refractivity contribution in [3.8, 4) is 17.0 Å². The van der Waals surface area contributed by atoms with Crippen LogP contribution in [0.4, 0.5) is 10.8 Å². The van der Waals surface area contributed by atoms with E-state index in [-0.39, 0.29) is 24.3 Å². The van der Waals surface area contributed by atoms with Crippen LogP contribution < -0.4 is 15.0 Å². The summed E-state index contributed by atoms with van der Waals surface area (Å²) < 4.78 is 5.61. The Labute approximate surface area is 173 Å². The van der Waals surface area contributed by atoms with E-state index in [0.717, 1.165) is 22.5 Å². The predicted molar refractivity (Wildman–Crippen MR) is 114 cm³/mol. The molecule has 0 radical (unpaired) electrons. The zero-order chi connectivity index (χ0) is 20.4. The minimum atomic E-state index is -0.110. The number of hydrogen-bond acceptors (Lipinski definition) is 5. The van der Waals surface area contributed by atoms with Gasteiger partial charge >= 0.3 is 0 Å². The van der Waals surface area contributed by atoms with Gasteiger partial charge in [0.25, 0.3) is 5.91 Å². The molecule has 0 saturated heterocycles. The topological polar surface area (TPSA) is 71.5 Å². The first-order valence-corrected chi connectivity index (χ1v) is 10.3. The number of carbonyl (C=O) groups is 2. The summed E-state index contributed by atoms with van der Waals surface area (Å²) in [5.41, 5.74) is 3.38. The fourth-order valence-corrected chi connectivity index (χ4v) is 3.74. The largest absolute Gasteiger partial charge is 0.482 e. The lowest BCUT2D eigenvalue weighted by Crippen LogP contribution is -2.38. The second-order valence-corrected chi connectivity index (χ2v) is 7.98. The van der Waals surface area contributed by atoms with Gasteiger partial charge in [-0.1, -0.05) is 44.2 Å². The molecule has 1 aliphatic rings. The van der Waals surface area contributed by atoms with Crippen molar-refractivity contribution in [1.82, 2.24) is 4.98 Å². The van der Waals surface area contributed by atoms with Crippen LogP contribution in [0.1, 0.15) is 19.4 Å². The van der Waals surface area contributed by atoms with Gasteiger partial charge in [0.05, 0.1) is 17.9 Å². The summed E-state index contributed by atoms with van der Waals surface area (Å²) in [5.74, 6) is 0.416. The van der Waals surface area contributed by atoms with Crippen LogP contribution in [-0.2, 0) is 16.1 Å². The van der Waals surface area contributed by atoms with Crippen LogP contribution in [0.15, 0.2) is 53.9 Å². The third-order valence-corrected chi connectivity index (χ3v) is 5.40.